The molecule has 1 unspecified atom stereocenters. The van der Waals surface area contributed by atoms with Gasteiger partial charge in [-0.05, 0) is 6.42 Å². The van der Waals surface area contributed by atoms with Crippen molar-refractivity contribution >= 4 is 5.91 Å². The summed E-state index contributed by atoms with van der Waals surface area (Å²) in [7, 11) is 0. The number of H-pyrrole nitrogens is 1. The number of nitrogens with one attached hydrogen (secondary N) is 2. The maximum atomic E-state index is 12.5. The summed E-state index contributed by atoms with van der Waals surface area (Å²) in [6, 6.07) is 9.63. The van der Waals surface area contributed by atoms with Crippen molar-refractivity contribution in [2.75, 3.05) is 26.3 Å². The van der Waals surface area contributed by atoms with Crippen LogP contribution in [0.1, 0.15) is 19.2 Å². The van der Waals surface area contributed by atoms with Gasteiger partial charge in [0.1, 0.15) is 5.82 Å². The Morgan fingerprint density at radius 2 is 2.08 bits per heavy atom. The Morgan fingerprint density at radius 1 is 1.33 bits per heavy atom. The number of hydrogen-bond donors (Lipinski definition) is 2. The first-order valence-corrected chi connectivity index (χ1v) is 8.34. The smallest absolute Gasteiger partial charge is 0.237 e. The molecule has 7 nitrogen and oxygen atoms in total. The minimum absolute atomic E-state index is 0.0251. The number of hydrogen-bond acceptors (Lipinski definition) is 5. The minimum Gasteiger partial charge on any atom is -0.379 e. The molecule has 0 radical (unpaired) electrons. The molecule has 0 bridgehead atoms. The van der Waals surface area contributed by atoms with Crippen LogP contribution >= 0.6 is 0 Å². The normalized spacial score (nSPS) is 16.7. The number of ether oxygens (including phenoxy) is 1. The Morgan fingerprint density at radius 3 is 2.79 bits per heavy atom. The van der Waals surface area contributed by atoms with E-state index in [9.17, 15) is 4.79 Å². The van der Waals surface area contributed by atoms with E-state index >= 15 is 0 Å². The highest BCUT2D eigenvalue weighted by Crippen LogP contribution is 2.13. The van der Waals surface area contributed by atoms with Crippen molar-refractivity contribution < 1.29 is 9.53 Å². The molecule has 2 N–H and O–H groups in total. The number of carbonyl (C=O) groups is 1. The van der Waals surface area contributed by atoms with Gasteiger partial charge in [-0.1, -0.05) is 37.3 Å². The van der Waals surface area contributed by atoms with Gasteiger partial charge < -0.3 is 10.1 Å². The predicted molar refractivity (Wildman–Crippen MR) is 90.1 cm³/mol. The summed E-state index contributed by atoms with van der Waals surface area (Å²) in [6.45, 7) is 5.35. The van der Waals surface area contributed by atoms with E-state index in [4.69, 9.17) is 4.74 Å². The van der Waals surface area contributed by atoms with Gasteiger partial charge in [0, 0.05) is 18.7 Å². The van der Waals surface area contributed by atoms with E-state index in [2.05, 4.69) is 25.4 Å². The molecule has 1 aromatic heterocycles. The van der Waals surface area contributed by atoms with E-state index in [1.807, 2.05) is 37.3 Å². The fourth-order valence-corrected chi connectivity index (χ4v) is 2.88. The van der Waals surface area contributed by atoms with Gasteiger partial charge in [0.05, 0.1) is 25.8 Å². The van der Waals surface area contributed by atoms with Gasteiger partial charge in [0.2, 0.25) is 5.91 Å². The summed E-state index contributed by atoms with van der Waals surface area (Å²) < 4.78 is 5.35. The van der Waals surface area contributed by atoms with E-state index in [1.165, 1.54) is 0 Å². The average Bonchev–Trinajstić information content (AvgIpc) is 3.11. The molecule has 3 rings (SSSR count). The summed E-state index contributed by atoms with van der Waals surface area (Å²) >= 11 is 0. The second kappa shape index (κ2) is 8.03. The highest BCUT2D eigenvalue weighted by Gasteiger charge is 2.25. The highest BCUT2D eigenvalue weighted by molar-refractivity contribution is 5.81. The van der Waals surface area contributed by atoms with Crippen LogP contribution in [0.3, 0.4) is 0 Å². The Hall–Kier alpha value is -2.25. The molecule has 2 heterocycles. The first kappa shape index (κ1) is 16.6. The first-order valence-electron chi connectivity index (χ1n) is 8.34. The number of benzene rings is 1. The largest absolute Gasteiger partial charge is 0.379 e. The fraction of sp³-hybridized carbons (Fsp3) is 0.471. The lowest BCUT2D eigenvalue weighted by Gasteiger charge is -2.32. The van der Waals surface area contributed by atoms with Gasteiger partial charge in [-0.3, -0.25) is 14.8 Å². The summed E-state index contributed by atoms with van der Waals surface area (Å²) in [5, 5.41) is 10.0. The monoisotopic (exact) mass is 329 g/mol. The summed E-state index contributed by atoms with van der Waals surface area (Å²) in [4.78, 5) is 19.1. The zero-order chi connectivity index (χ0) is 16.8. The molecule has 0 spiro atoms. The molecule has 1 amide bonds. The van der Waals surface area contributed by atoms with Crippen LogP contribution in [-0.2, 0) is 16.1 Å². The Kier molecular flexibility index (Phi) is 5.55. The molecule has 1 aromatic carbocycles. The van der Waals surface area contributed by atoms with Gasteiger partial charge >= 0.3 is 0 Å². The molecule has 1 aliphatic rings. The van der Waals surface area contributed by atoms with Crippen LogP contribution in [0.2, 0.25) is 0 Å². The number of nitrogens with zero attached hydrogens (tertiary/aromatic N) is 3. The van der Waals surface area contributed by atoms with Crippen molar-refractivity contribution in [3.8, 4) is 11.4 Å². The topological polar surface area (TPSA) is 83.1 Å². The number of carbonyl (C=O) groups excluding carboxylic acids is 1. The number of aromatic amines is 1. The molecule has 1 fully saturated rings. The van der Waals surface area contributed by atoms with Gasteiger partial charge in [-0.15, -0.1) is 0 Å². The molecule has 2 aromatic rings. The van der Waals surface area contributed by atoms with Crippen LogP contribution < -0.4 is 5.32 Å². The third-order valence-electron chi connectivity index (χ3n) is 4.17. The van der Waals surface area contributed by atoms with Crippen LogP contribution in [0.15, 0.2) is 30.3 Å². The molecule has 7 heteroatoms. The summed E-state index contributed by atoms with van der Waals surface area (Å²) in [5.41, 5.74) is 0.950. The maximum absolute atomic E-state index is 12.5. The second-order valence-corrected chi connectivity index (χ2v) is 5.76. The van der Waals surface area contributed by atoms with E-state index in [-0.39, 0.29) is 11.9 Å². The maximum Gasteiger partial charge on any atom is 0.237 e. The van der Waals surface area contributed by atoms with Crippen molar-refractivity contribution in [3.63, 3.8) is 0 Å². The standard InChI is InChI=1S/C17H23N5O2/c1-2-14(22-8-10-24-11-9-22)17(23)18-12-15-19-16(21-20-15)13-6-4-3-5-7-13/h3-7,14H,2,8-12H2,1H3,(H,18,23)(H,19,20,21). The lowest BCUT2D eigenvalue weighted by Crippen LogP contribution is -2.50. The molecule has 1 atom stereocenters. The lowest BCUT2D eigenvalue weighted by atomic mass is 10.1. The summed E-state index contributed by atoms with van der Waals surface area (Å²) in [6.07, 6.45) is 0.775. The van der Waals surface area contributed by atoms with Crippen molar-refractivity contribution in [1.82, 2.24) is 25.4 Å². The van der Waals surface area contributed by atoms with Crippen molar-refractivity contribution in [3.05, 3.63) is 36.2 Å². The Bertz CT molecular complexity index is 652. The molecule has 128 valence electrons. The summed E-state index contributed by atoms with van der Waals surface area (Å²) in [5.74, 6) is 1.32. The van der Waals surface area contributed by atoms with Crippen LogP contribution in [0.5, 0.6) is 0 Å². The van der Waals surface area contributed by atoms with Crippen LogP contribution in [0.4, 0.5) is 0 Å². The van der Waals surface area contributed by atoms with Crippen LogP contribution in [0, 0.1) is 0 Å². The quantitative estimate of drug-likeness (QED) is 0.832. The van der Waals surface area contributed by atoms with Crippen molar-refractivity contribution in [2.24, 2.45) is 0 Å². The van der Waals surface area contributed by atoms with Gasteiger partial charge in [0.25, 0.3) is 0 Å². The fourth-order valence-electron chi connectivity index (χ4n) is 2.88. The van der Waals surface area contributed by atoms with Crippen molar-refractivity contribution in [2.45, 2.75) is 25.9 Å². The van der Waals surface area contributed by atoms with Crippen LogP contribution in [0.25, 0.3) is 11.4 Å². The van der Waals surface area contributed by atoms with Gasteiger partial charge in [-0.25, -0.2) is 4.98 Å². The van der Waals surface area contributed by atoms with Crippen LogP contribution in [-0.4, -0.2) is 58.3 Å². The number of amides is 1. The molecule has 1 aliphatic heterocycles. The lowest BCUT2D eigenvalue weighted by molar-refractivity contribution is -0.128. The Labute approximate surface area is 141 Å². The Balaban J connectivity index is 1.56. The molecular weight excluding hydrogens is 306 g/mol. The van der Waals surface area contributed by atoms with E-state index in [0.717, 1.165) is 25.1 Å². The number of rotatable bonds is 6. The zero-order valence-corrected chi connectivity index (χ0v) is 13.9. The third kappa shape index (κ3) is 3.98. The van der Waals surface area contributed by atoms with Gasteiger partial charge in [-0.2, -0.15) is 5.10 Å². The van der Waals surface area contributed by atoms with Gasteiger partial charge in [0.15, 0.2) is 5.82 Å². The molecule has 24 heavy (non-hydrogen) atoms. The number of morpholine rings is 1. The second-order valence-electron chi connectivity index (χ2n) is 5.76. The van der Waals surface area contributed by atoms with E-state index < -0.39 is 0 Å². The zero-order valence-electron chi connectivity index (χ0n) is 13.9. The highest BCUT2D eigenvalue weighted by atomic mass is 16.5. The number of aromatic nitrogens is 3. The van der Waals surface area contributed by atoms with Crippen molar-refractivity contribution in [1.29, 1.82) is 0 Å². The molecular formula is C17H23N5O2. The van der Waals surface area contributed by atoms with E-state index in [1.54, 1.807) is 0 Å². The minimum atomic E-state index is -0.120. The molecule has 0 saturated carbocycles. The van der Waals surface area contributed by atoms with E-state index in [0.29, 0.717) is 31.4 Å². The molecule has 1 saturated heterocycles. The molecule has 0 aliphatic carbocycles. The first-order chi connectivity index (χ1) is 11.8. The third-order valence-corrected chi connectivity index (χ3v) is 4.17. The predicted octanol–water partition coefficient (Wildman–Crippen LogP) is 1.20. The SMILES string of the molecule is CCC(C(=O)NCc1nc(-c2ccccc2)n[nH]1)N1CCOCC1. The average molecular weight is 329 g/mol.